The van der Waals surface area contributed by atoms with Crippen LogP contribution in [0.4, 0.5) is 8.78 Å². The molecule has 0 spiro atoms. The zero-order chi connectivity index (χ0) is 26.2. The van der Waals surface area contributed by atoms with Crippen LogP contribution in [-0.4, -0.2) is 24.7 Å². The molecule has 1 aliphatic rings. The Kier molecular flexibility index (Phi) is 8.78. The largest absolute Gasteiger partial charge is 0.473 e. The molecule has 7 heteroatoms. The number of nitriles is 1. The van der Waals surface area contributed by atoms with E-state index in [9.17, 15) is 4.39 Å². The number of nitrogens with two attached hydrogens (primary N) is 1. The van der Waals surface area contributed by atoms with E-state index < -0.39 is 5.82 Å². The summed E-state index contributed by atoms with van der Waals surface area (Å²) in [5, 5.41) is 8.88. The number of benzene rings is 2. The summed E-state index contributed by atoms with van der Waals surface area (Å²) < 4.78 is 40.4. The first kappa shape index (κ1) is 26.2. The SMILES string of the molecule is COC(CN)CC1C=CC=CC1Cc1ccc(-c2cccc(OCc3ccc(C#N)cc3F)n2)cc1F. The highest BCUT2D eigenvalue weighted by molar-refractivity contribution is 5.60. The highest BCUT2D eigenvalue weighted by Crippen LogP contribution is 2.30. The highest BCUT2D eigenvalue weighted by Gasteiger charge is 2.23. The van der Waals surface area contributed by atoms with Crippen molar-refractivity contribution in [3.8, 4) is 23.2 Å². The minimum absolute atomic E-state index is 0.0372. The smallest absolute Gasteiger partial charge is 0.214 e. The number of methoxy groups -OCH3 is 1. The molecule has 3 atom stereocenters. The Balaban J connectivity index is 1.45. The first-order valence-electron chi connectivity index (χ1n) is 12.2. The van der Waals surface area contributed by atoms with Gasteiger partial charge in [-0.2, -0.15) is 5.26 Å². The van der Waals surface area contributed by atoms with Gasteiger partial charge >= 0.3 is 0 Å². The Hall–Kier alpha value is -3.86. The molecule has 0 saturated carbocycles. The van der Waals surface area contributed by atoms with Gasteiger partial charge in [-0.15, -0.1) is 0 Å². The summed E-state index contributed by atoms with van der Waals surface area (Å²) in [6, 6.07) is 16.4. The van der Waals surface area contributed by atoms with Crippen LogP contribution in [0.5, 0.6) is 5.88 Å². The van der Waals surface area contributed by atoms with Gasteiger partial charge in [-0.25, -0.2) is 13.8 Å². The van der Waals surface area contributed by atoms with Crippen LogP contribution in [0.15, 0.2) is 78.9 Å². The maximum absolute atomic E-state index is 15.2. The lowest BCUT2D eigenvalue weighted by Crippen LogP contribution is -2.28. The van der Waals surface area contributed by atoms with Crippen molar-refractivity contribution in [2.24, 2.45) is 17.6 Å². The lowest BCUT2D eigenvalue weighted by Gasteiger charge is -2.27. The van der Waals surface area contributed by atoms with E-state index in [1.165, 1.54) is 24.3 Å². The second-order valence-corrected chi connectivity index (χ2v) is 9.00. The Bertz CT molecular complexity index is 1330. The summed E-state index contributed by atoms with van der Waals surface area (Å²) in [7, 11) is 1.66. The van der Waals surface area contributed by atoms with E-state index in [2.05, 4.69) is 17.1 Å². The number of hydrogen-bond donors (Lipinski definition) is 1. The number of halogens is 2. The summed E-state index contributed by atoms with van der Waals surface area (Å²) in [5.41, 5.74) is 8.16. The molecule has 1 aromatic heterocycles. The summed E-state index contributed by atoms with van der Waals surface area (Å²) in [6.07, 6.45) is 9.56. The van der Waals surface area contributed by atoms with Crippen molar-refractivity contribution >= 4 is 0 Å². The van der Waals surface area contributed by atoms with Crippen LogP contribution in [-0.2, 0) is 17.8 Å². The van der Waals surface area contributed by atoms with Gasteiger partial charge < -0.3 is 15.2 Å². The Morgan fingerprint density at radius 2 is 1.76 bits per heavy atom. The summed E-state index contributed by atoms with van der Waals surface area (Å²) >= 11 is 0. The first-order valence-corrected chi connectivity index (χ1v) is 12.2. The third-order valence-electron chi connectivity index (χ3n) is 6.59. The number of rotatable bonds is 10. The molecule has 190 valence electrons. The third kappa shape index (κ3) is 6.67. The van der Waals surface area contributed by atoms with Crippen molar-refractivity contribution < 1.29 is 18.3 Å². The van der Waals surface area contributed by atoms with Crippen molar-refractivity contribution in [2.75, 3.05) is 13.7 Å². The van der Waals surface area contributed by atoms with E-state index in [1.807, 2.05) is 24.3 Å². The zero-order valence-corrected chi connectivity index (χ0v) is 20.6. The number of nitrogens with zero attached hydrogens (tertiary/aromatic N) is 2. The Morgan fingerprint density at radius 1 is 1.00 bits per heavy atom. The lowest BCUT2D eigenvalue weighted by molar-refractivity contribution is 0.0870. The molecule has 4 rings (SSSR count). The van der Waals surface area contributed by atoms with E-state index in [0.29, 0.717) is 41.2 Å². The Morgan fingerprint density at radius 3 is 2.46 bits per heavy atom. The van der Waals surface area contributed by atoms with E-state index in [0.717, 1.165) is 6.42 Å². The van der Waals surface area contributed by atoms with Crippen LogP contribution >= 0.6 is 0 Å². The van der Waals surface area contributed by atoms with Crippen LogP contribution in [0.3, 0.4) is 0 Å². The van der Waals surface area contributed by atoms with E-state index in [4.69, 9.17) is 20.5 Å². The lowest BCUT2D eigenvalue weighted by atomic mass is 9.80. The normalized spacial score (nSPS) is 17.4. The molecule has 0 saturated heterocycles. The van der Waals surface area contributed by atoms with Crippen molar-refractivity contribution in [3.05, 3.63) is 107 Å². The van der Waals surface area contributed by atoms with Crippen molar-refractivity contribution in [2.45, 2.75) is 25.6 Å². The third-order valence-corrected chi connectivity index (χ3v) is 6.59. The van der Waals surface area contributed by atoms with E-state index >= 15 is 4.39 Å². The molecule has 0 amide bonds. The van der Waals surface area contributed by atoms with Gasteiger partial charge in [0.25, 0.3) is 0 Å². The van der Waals surface area contributed by atoms with Gasteiger partial charge in [0.1, 0.15) is 18.2 Å². The van der Waals surface area contributed by atoms with Crippen LogP contribution in [0.25, 0.3) is 11.3 Å². The average molecular weight is 502 g/mol. The van der Waals surface area contributed by atoms with Gasteiger partial charge in [0.05, 0.1) is 23.4 Å². The van der Waals surface area contributed by atoms with Gasteiger partial charge in [-0.1, -0.05) is 48.6 Å². The minimum Gasteiger partial charge on any atom is -0.473 e. The molecule has 2 aromatic carbocycles. The Labute approximate surface area is 215 Å². The number of aromatic nitrogens is 1. The summed E-state index contributed by atoms with van der Waals surface area (Å²) in [6.45, 7) is 0.401. The van der Waals surface area contributed by atoms with Gasteiger partial charge in [0, 0.05) is 30.8 Å². The molecule has 3 unspecified atom stereocenters. The molecule has 0 fully saturated rings. The summed E-state index contributed by atoms with van der Waals surface area (Å²) in [5.74, 6) is -0.158. The van der Waals surface area contributed by atoms with Crippen molar-refractivity contribution in [1.82, 2.24) is 4.98 Å². The average Bonchev–Trinajstić information content (AvgIpc) is 2.93. The van der Waals surface area contributed by atoms with Gasteiger partial charge in [-0.3, -0.25) is 0 Å². The fourth-order valence-corrected chi connectivity index (χ4v) is 4.43. The van der Waals surface area contributed by atoms with E-state index in [-0.39, 0.29) is 35.9 Å². The maximum atomic E-state index is 15.2. The topological polar surface area (TPSA) is 81.2 Å². The van der Waals surface area contributed by atoms with Crippen LogP contribution in [0.2, 0.25) is 0 Å². The number of hydrogen-bond acceptors (Lipinski definition) is 5. The molecule has 0 radical (unpaired) electrons. The number of pyridine rings is 1. The van der Waals surface area contributed by atoms with Crippen LogP contribution in [0, 0.1) is 34.8 Å². The second kappa shape index (κ2) is 12.4. The summed E-state index contributed by atoms with van der Waals surface area (Å²) in [4.78, 5) is 4.46. The zero-order valence-electron chi connectivity index (χ0n) is 20.6. The number of ether oxygens (including phenoxy) is 2. The molecular formula is C30H29F2N3O2. The predicted octanol–water partition coefficient (Wildman–Crippen LogP) is 5.74. The molecule has 5 nitrogen and oxygen atoms in total. The molecule has 0 bridgehead atoms. The highest BCUT2D eigenvalue weighted by atomic mass is 19.1. The minimum atomic E-state index is -0.515. The van der Waals surface area contributed by atoms with Crippen LogP contribution in [0.1, 0.15) is 23.1 Å². The van der Waals surface area contributed by atoms with E-state index in [1.54, 1.807) is 31.4 Å². The fourth-order valence-electron chi connectivity index (χ4n) is 4.43. The van der Waals surface area contributed by atoms with Gasteiger partial charge in [-0.05, 0) is 54.5 Å². The van der Waals surface area contributed by atoms with Crippen LogP contribution < -0.4 is 10.5 Å². The van der Waals surface area contributed by atoms with Crippen molar-refractivity contribution in [1.29, 1.82) is 5.26 Å². The first-order chi connectivity index (χ1) is 18.0. The van der Waals surface area contributed by atoms with Crippen molar-refractivity contribution in [3.63, 3.8) is 0 Å². The molecular weight excluding hydrogens is 472 g/mol. The second-order valence-electron chi connectivity index (χ2n) is 9.00. The molecule has 0 aliphatic heterocycles. The molecule has 37 heavy (non-hydrogen) atoms. The molecule has 1 heterocycles. The predicted molar refractivity (Wildman–Crippen MR) is 139 cm³/mol. The molecule has 2 N–H and O–H groups in total. The molecule has 3 aromatic rings. The fraction of sp³-hybridized carbons (Fsp3) is 0.267. The quantitative estimate of drug-likeness (QED) is 0.383. The number of allylic oxidation sites excluding steroid dienone is 4. The standard InChI is InChI=1S/C30H29F2N3O2/c1-36-26(18-34)15-22-6-3-2-5-21(22)14-23-11-12-24(16-28(23)32)29-7-4-8-30(35-29)37-19-25-10-9-20(17-33)13-27(25)31/h2-13,16,21-22,26H,14-15,18-19,34H2,1H3. The van der Waals surface area contributed by atoms with Gasteiger partial charge in [0.2, 0.25) is 5.88 Å². The monoisotopic (exact) mass is 501 g/mol. The molecule has 1 aliphatic carbocycles. The maximum Gasteiger partial charge on any atom is 0.214 e. The van der Waals surface area contributed by atoms with Gasteiger partial charge in [0.15, 0.2) is 0 Å².